The van der Waals surface area contributed by atoms with Gasteiger partial charge in [-0.1, -0.05) is 51.1 Å². The molecule has 4 rings (SSSR count). The van der Waals surface area contributed by atoms with Gasteiger partial charge in [-0.2, -0.15) is 0 Å². The summed E-state index contributed by atoms with van der Waals surface area (Å²) in [6.45, 7) is 2.23. The summed E-state index contributed by atoms with van der Waals surface area (Å²) in [5.41, 5.74) is 1.34. The number of hydrogen-bond acceptors (Lipinski definition) is 4. The Morgan fingerprint density at radius 2 is 1.90 bits per heavy atom. The molecule has 0 aromatic heterocycles. The molecule has 2 atom stereocenters. The molecule has 0 amide bonds. The summed E-state index contributed by atoms with van der Waals surface area (Å²) in [6, 6.07) is 10.6. The molecule has 0 saturated carbocycles. The molecular formula is C16H17IN2O2. The lowest BCUT2D eigenvalue weighted by atomic mass is 10.2. The molecule has 3 heterocycles. The molecule has 4 nitrogen and oxygen atoms in total. The van der Waals surface area contributed by atoms with Crippen LogP contribution in [0.25, 0.3) is 0 Å². The normalized spacial score (nSPS) is 27.9. The molecule has 0 spiro atoms. The van der Waals surface area contributed by atoms with E-state index in [1.165, 1.54) is 9.28 Å². The lowest BCUT2D eigenvalue weighted by Crippen LogP contribution is -2.23. The Labute approximate surface area is 134 Å². The Hall–Kier alpha value is -1.05. The van der Waals surface area contributed by atoms with Gasteiger partial charge in [-0.05, 0) is 15.7 Å². The molecule has 3 aliphatic heterocycles. The smallest absolute Gasteiger partial charge is 0.147 e. The molecule has 0 N–H and O–H groups in total. The highest BCUT2D eigenvalue weighted by Gasteiger charge is 2.39. The van der Waals surface area contributed by atoms with Crippen molar-refractivity contribution in [3.63, 3.8) is 0 Å². The fourth-order valence-electron chi connectivity index (χ4n) is 2.83. The van der Waals surface area contributed by atoms with Gasteiger partial charge in [0.2, 0.25) is 0 Å². The highest BCUT2D eigenvalue weighted by atomic mass is 127. The van der Waals surface area contributed by atoms with E-state index in [9.17, 15) is 0 Å². The number of benzene rings is 1. The van der Waals surface area contributed by atoms with Crippen LogP contribution >= 0.6 is 20.7 Å². The molecule has 2 unspecified atom stereocenters. The molecule has 1 aromatic rings. The first kappa shape index (κ1) is 13.6. The van der Waals surface area contributed by atoms with Crippen molar-refractivity contribution in [3.05, 3.63) is 47.8 Å². The summed E-state index contributed by atoms with van der Waals surface area (Å²) in [5, 5.41) is 0. The van der Waals surface area contributed by atoms with E-state index < -0.39 is 0 Å². The molecule has 110 valence electrons. The zero-order valence-corrected chi connectivity index (χ0v) is 13.8. The summed E-state index contributed by atoms with van der Waals surface area (Å²) >= 11 is -0.0729. The van der Waals surface area contributed by atoms with Gasteiger partial charge in [-0.25, -0.2) is 4.99 Å². The van der Waals surface area contributed by atoms with Gasteiger partial charge >= 0.3 is 0 Å². The van der Waals surface area contributed by atoms with Crippen molar-refractivity contribution in [2.45, 2.75) is 18.6 Å². The van der Waals surface area contributed by atoms with Gasteiger partial charge in [0.25, 0.3) is 0 Å². The van der Waals surface area contributed by atoms with E-state index in [0.29, 0.717) is 6.79 Å². The van der Waals surface area contributed by atoms with Crippen molar-refractivity contribution in [1.82, 2.24) is 4.90 Å². The minimum absolute atomic E-state index is 0.0729. The maximum absolute atomic E-state index is 5.58. The number of halogens is 1. The van der Waals surface area contributed by atoms with E-state index in [-0.39, 0.29) is 32.9 Å². The van der Waals surface area contributed by atoms with Crippen LogP contribution in [-0.4, -0.2) is 44.7 Å². The van der Waals surface area contributed by atoms with Crippen molar-refractivity contribution in [2.24, 2.45) is 4.99 Å². The van der Waals surface area contributed by atoms with Gasteiger partial charge in [0.05, 0.1) is 3.72 Å². The lowest BCUT2D eigenvalue weighted by molar-refractivity contribution is 0.0196. The first-order chi connectivity index (χ1) is 10.4. The first-order valence-corrected chi connectivity index (χ1v) is 9.47. The molecule has 0 radical (unpaired) electrons. The molecule has 1 aromatic carbocycles. The third-order valence-electron chi connectivity index (χ3n) is 3.93. The monoisotopic (exact) mass is 396 g/mol. The van der Waals surface area contributed by atoms with Crippen molar-refractivity contribution in [3.8, 4) is 0 Å². The second kappa shape index (κ2) is 5.98. The Balaban J connectivity index is 1.47. The van der Waals surface area contributed by atoms with Crippen molar-refractivity contribution in [1.29, 1.82) is 0 Å². The maximum atomic E-state index is 5.58. The molecule has 5 heteroatoms. The van der Waals surface area contributed by atoms with E-state index in [4.69, 9.17) is 14.5 Å². The van der Waals surface area contributed by atoms with Crippen LogP contribution in [0, 0.1) is 0 Å². The number of likely N-dealkylation sites (tertiary alicyclic amines) is 1. The molecule has 0 aliphatic carbocycles. The second-order valence-electron chi connectivity index (χ2n) is 5.34. The van der Waals surface area contributed by atoms with E-state index in [2.05, 4.69) is 45.3 Å². The van der Waals surface area contributed by atoms with Gasteiger partial charge in [0.15, 0.2) is 0 Å². The fraction of sp³-hybridized carbons (Fsp3) is 0.375. The Bertz CT molecular complexity index is 600. The van der Waals surface area contributed by atoms with Crippen LogP contribution in [0.2, 0.25) is 0 Å². The highest BCUT2D eigenvalue weighted by molar-refractivity contribution is 14.2. The zero-order valence-electron chi connectivity index (χ0n) is 11.6. The van der Waals surface area contributed by atoms with E-state index >= 15 is 0 Å². The number of rotatable bonds is 3. The lowest BCUT2D eigenvalue weighted by Gasteiger charge is -2.21. The van der Waals surface area contributed by atoms with Gasteiger partial charge < -0.3 is 14.4 Å². The summed E-state index contributed by atoms with van der Waals surface area (Å²) in [6.07, 6.45) is 3.57. The molecule has 0 bridgehead atoms. The van der Waals surface area contributed by atoms with Crippen LogP contribution in [0.15, 0.2) is 47.2 Å². The minimum atomic E-state index is -0.0729. The third kappa shape index (κ3) is 2.95. The van der Waals surface area contributed by atoms with E-state index in [1.807, 2.05) is 0 Å². The number of ether oxygens (including phenoxy) is 2. The quantitative estimate of drug-likeness (QED) is 0.736. The van der Waals surface area contributed by atoms with Crippen molar-refractivity contribution >= 4 is 28.5 Å². The Morgan fingerprint density at radius 3 is 2.67 bits per heavy atom. The molecule has 2 fully saturated rings. The minimum Gasteiger partial charge on any atom is -0.351 e. The van der Waals surface area contributed by atoms with Gasteiger partial charge in [0.1, 0.15) is 24.8 Å². The summed E-state index contributed by atoms with van der Waals surface area (Å²) in [5.74, 6) is 1.08. The first-order valence-electron chi connectivity index (χ1n) is 7.15. The van der Waals surface area contributed by atoms with Gasteiger partial charge in [-0.3, -0.25) is 0 Å². The third-order valence-corrected chi connectivity index (χ3v) is 5.99. The predicted molar refractivity (Wildman–Crippen MR) is 91.9 cm³/mol. The summed E-state index contributed by atoms with van der Waals surface area (Å²) in [7, 11) is 0. The number of allylic oxidation sites excluding steroid dienone is 1. The van der Waals surface area contributed by atoms with Crippen LogP contribution in [0.3, 0.4) is 0 Å². The second-order valence-corrected chi connectivity index (χ2v) is 7.93. The van der Waals surface area contributed by atoms with Gasteiger partial charge in [-0.15, -0.1) is 0 Å². The number of hydrogen-bond donors (Lipinski definition) is 0. The highest BCUT2D eigenvalue weighted by Crippen LogP contribution is 2.27. The Kier molecular flexibility index (Phi) is 3.87. The van der Waals surface area contributed by atoms with E-state index in [1.54, 1.807) is 0 Å². The molecular weight excluding hydrogens is 379 g/mol. The number of fused-ring (bicyclic) bond motifs is 1. The van der Waals surface area contributed by atoms with Crippen molar-refractivity contribution in [2.75, 3.05) is 19.9 Å². The van der Waals surface area contributed by atoms with Crippen LogP contribution in [0.5, 0.6) is 0 Å². The SMILES string of the molecule is C1=IC(Cc2ccccc2)=NC(N2CC3OCOC3C2)=C1. The maximum Gasteiger partial charge on any atom is 0.147 e. The van der Waals surface area contributed by atoms with Crippen LogP contribution in [0.1, 0.15) is 5.56 Å². The van der Waals surface area contributed by atoms with Crippen molar-refractivity contribution < 1.29 is 9.47 Å². The van der Waals surface area contributed by atoms with Gasteiger partial charge in [0, 0.05) is 19.5 Å². The molecule has 21 heavy (non-hydrogen) atoms. The molecule has 2 saturated heterocycles. The largest absolute Gasteiger partial charge is 0.351 e. The number of nitrogens with zero attached hydrogens (tertiary/aromatic N) is 2. The predicted octanol–water partition coefficient (Wildman–Crippen LogP) is 2.31. The average molecular weight is 396 g/mol. The van der Waals surface area contributed by atoms with Crippen LogP contribution < -0.4 is 0 Å². The molecule has 3 aliphatic rings. The Morgan fingerprint density at radius 1 is 1.14 bits per heavy atom. The van der Waals surface area contributed by atoms with E-state index in [0.717, 1.165) is 25.3 Å². The standard InChI is InChI=1S/C16H17IN2O2/c1-2-4-12(5-3-1)8-15-17-7-6-16(18-15)19-9-13-14(10-19)21-11-20-13/h1-7,13-14H,8-11H2. The summed E-state index contributed by atoms with van der Waals surface area (Å²) < 4.78 is 14.8. The number of aliphatic imine (C=N–C) groups is 1. The fourth-order valence-corrected chi connectivity index (χ4v) is 4.79. The zero-order chi connectivity index (χ0) is 14.1. The topological polar surface area (TPSA) is 34.1 Å². The van der Waals surface area contributed by atoms with Crippen LogP contribution in [0.4, 0.5) is 0 Å². The van der Waals surface area contributed by atoms with Crippen LogP contribution in [-0.2, 0) is 15.9 Å². The summed E-state index contributed by atoms with van der Waals surface area (Å²) in [4.78, 5) is 7.19. The average Bonchev–Trinajstić information content (AvgIpc) is 3.10.